The number of carbonyl (C=O) groups excluding carboxylic acids is 3. The number of hydrogen-bond acceptors (Lipinski definition) is 4. The molecule has 2 N–H and O–H groups in total. The van der Waals surface area contributed by atoms with Crippen LogP contribution in [0.5, 0.6) is 0 Å². The molecule has 0 radical (unpaired) electrons. The summed E-state index contributed by atoms with van der Waals surface area (Å²) in [5, 5.41) is 0.0276. The average molecular weight is 299 g/mol. The molecule has 0 saturated carbocycles. The highest BCUT2D eigenvalue weighted by molar-refractivity contribution is 5.89. The number of hydroxylamine groups is 1. The molecule has 116 valence electrons. The third-order valence-corrected chi connectivity index (χ3v) is 2.60. The highest BCUT2D eigenvalue weighted by atomic mass is 19.4. The minimum absolute atomic E-state index is 0.0276. The van der Waals surface area contributed by atoms with Crippen molar-refractivity contribution in [1.29, 1.82) is 0 Å². The topological polar surface area (TPSA) is 87.7 Å². The van der Waals surface area contributed by atoms with Gasteiger partial charge in [0.1, 0.15) is 0 Å². The first-order valence-corrected chi connectivity index (χ1v) is 5.50. The molecule has 0 spiro atoms. The summed E-state index contributed by atoms with van der Waals surface area (Å²) < 4.78 is 36.3. The fraction of sp³-hybridized carbons (Fsp3) is 0.700. The Hall–Kier alpha value is -1.84. The van der Waals surface area contributed by atoms with E-state index in [2.05, 4.69) is 4.84 Å². The van der Waals surface area contributed by atoms with Gasteiger partial charge in [-0.2, -0.15) is 13.2 Å². The minimum Gasteiger partial charge on any atom is -0.277 e. The number of hydrazine groups is 1. The number of halogens is 3. The molecule has 20 heavy (non-hydrogen) atoms. The first-order valence-electron chi connectivity index (χ1n) is 5.50. The maximum atomic E-state index is 12.1. The van der Waals surface area contributed by atoms with Gasteiger partial charge in [0.15, 0.2) is 0 Å². The van der Waals surface area contributed by atoms with Gasteiger partial charge in [-0.1, -0.05) is 13.8 Å². The Morgan fingerprint density at radius 1 is 1.10 bits per heavy atom. The largest absolute Gasteiger partial charge is 0.473 e. The van der Waals surface area contributed by atoms with E-state index in [0.717, 1.165) is 7.05 Å². The standard InChI is InChI=1S/C10H16F3N3O4/c1-5(6(2)8(18)15-20-4)7(17)14-16(3)9(19)10(11,12)13/h5-6H,1-4H3,(H,14,17)(H,15,18)/t5-,6?/m1/s1. The molecule has 1 unspecified atom stereocenters. The van der Waals surface area contributed by atoms with Crippen LogP contribution in [-0.2, 0) is 19.2 Å². The Labute approximate surface area is 113 Å². The lowest BCUT2D eigenvalue weighted by molar-refractivity contribution is -0.188. The number of amides is 3. The zero-order chi connectivity index (χ0) is 16.1. The second-order valence-electron chi connectivity index (χ2n) is 4.09. The van der Waals surface area contributed by atoms with Crippen LogP contribution in [0.15, 0.2) is 0 Å². The van der Waals surface area contributed by atoms with E-state index in [4.69, 9.17) is 0 Å². The molecular weight excluding hydrogens is 283 g/mol. The second kappa shape index (κ2) is 7.08. The summed E-state index contributed by atoms with van der Waals surface area (Å²) in [4.78, 5) is 38.2. The van der Waals surface area contributed by atoms with Crippen molar-refractivity contribution in [2.24, 2.45) is 11.8 Å². The molecule has 3 amide bonds. The number of nitrogens with zero attached hydrogens (tertiary/aromatic N) is 1. The van der Waals surface area contributed by atoms with Crippen LogP contribution in [0.3, 0.4) is 0 Å². The summed E-state index contributed by atoms with van der Waals surface area (Å²) in [6.45, 7) is 2.73. The van der Waals surface area contributed by atoms with Gasteiger partial charge in [-0.05, 0) is 0 Å². The molecule has 0 aliphatic carbocycles. The lowest BCUT2D eigenvalue weighted by atomic mass is 9.95. The molecule has 0 aromatic carbocycles. The summed E-state index contributed by atoms with van der Waals surface area (Å²) in [6, 6.07) is 0. The highest BCUT2D eigenvalue weighted by Crippen LogP contribution is 2.17. The van der Waals surface area contributed by atoms with Crippen LogP contribution in [0.25, 0.3) is 0 Å². The summed E-state index contributed by atoms with van der Waals surface area (Å²) >= 11 is 0. The van der Waals surface area contributed by atoms with Gasteiger partial charge in [-0.15, -0.1) is 0 Å². The fourth-order valence-corrected chi connectivity index (χ4v) is 1.16. The van der Waals surface area contributed by atoms with Gasteiger partial charge in [0.05, 0.1) is 7.11 Å². The molecule has 0 rings (SSSR count). The van der Waals surface area contributed by atoms with Crippen LogP contribution in [0.4, 0.5) is 13.2 Å². The number of hydrogen-bond donors (Lipinski definition) is 2. The first kappa shape index (κ1) is 18.2. The summed E-state index contributed by atoms with van der Waals surface area (Å²) in [5.41, 5.74) is 3.77. The van der Waals surface area contributed by atoms with Gasteiger partial charge in [-0.25, -0.2) is 10.5 Å². The molecule has 0 saturated heterocycles. The normalized spacial score (nSPS) is 14.2. The summed E-state index contributed by atoms with van der Waals surface area (Å²) in [5.74, 6) is -5.55. The molecule has 10 heteroatoms. The Balaban J connectivity index is 4.61. The molecular formula is C10H16F3N3O4. The van der Waals surface area contributed by atoms with E-state index in [1.165, 1.54) is 21.0 Å². The maximum absolute atomic E-state index is 12.1. The van der Waals surface area contributed by atoms with E-state index in [0.29, 0.717) is 0 Å². The van der Waals surface area contributed by atoms with Crippen LogP contribution >= 0.6 is 0 Å². The Morgan fingerprint density at radius 3 is 1.95 bits per heavy atom. The Morgan fingerprint density at radius 2 is 1.55 bits per heavy atom. The van der Waals surface area contributed by atoms with Crippen molar-refractivity contribution in [3.63, 3.8) is 0 Å². The quantitative estimate of drug-likeness (QED) is 0.715. The second-order valence-corrected chi connectivity index (χ2v) is 4.09. The Kier molecular flexibility index (Phi) is 6.43. The Bertz CT molecular complexity index is 386. The van der Waals surface area contributed by atoms with Crippen molar-refractivity contribution in [1.82, 2.24) is 15.9 Å². The van der Waals surface area contributed by atoms with E-state index in [1.54, 1.807) is 5.43 Å². The van der Waals surface area contributed by atoms with E-state index in [-0.39, 0.29) is 5.01 Å². The molecule has 0 heterocycles. The molecule has 0 aromatic heterocycles. The number of carbonyl (C=O) groups is 3. The maximum Gasteiger partial charge on any atom is 0.473 e. The SMILES string of the molecule is CONC(=O)C(C)[C@@H](C)C(=O)NN(C)C(=O)C(F)(F)F. The van der Waals surface area contributed by atoms with Gasteiger partial charge in [0.2, 0.25) is 11.8 Å². The highest BCUT2D eigenvalue weighted by Gasteiger charge is 2.42. The van der Waals surface area contributed by atoms with Gasteiger partial charge >= 0.3 is 12.1 Å². The van der Waals surface area contributed by atoms with Gasteiger partial charge in [0, 0.05) is 18.9 Å². The van der Waals surface area contributed by atoms with Crippen molar-refractivity contribution in [3.8, 4) is 0 Å². The zero-order valence-corrected chi connectivity index (χ0v) is 11.4. The smallest absolute Gasteiger partial charge is 0.277 e. The molecule has 0 bridgehead atoms. The van der Waals surface area contributed by atoms with Gasteiger partial charge in [0.25, 0.3) is 0 Å². The van der Waals surface area contributed by atoms with Crippen LogP contribution in [0.1, 0.15) is 13.8 Å². The average Bonchev–Trinajstić information content (AvgIpc) is 2.34. The first-order chi connectivity index (χ1) is 9.02. The van der Waals surface area contributed by atoms with Crippen LogP contribution in [0.2, 0.25) is 0 Å². The van der Waals surface area contributed by atoms with Crippen molar-refractivity contribution >= 4 is 17.7 Å². The van der Waals surface area contributed by atoms with E-state index >= 15 is 0 Å². The van der Waals surface area contributed by atoms with Crippen molar-refractivity contribution in [2.45, 2.75) is 20.0 Å². The predicted molar refractivity (Wildman–Crippen MR) is 60.4 cm³/mol. The van der Waals surface area contributed by atoms with Crippen molar-refractivity contribution in [3.05, 3.63) is 0 Å². The molecule has 7 nitrogen and oxygen atoms in total. The monoisotopic (exact) mass is 299 g/mol. The molecule has 0 aromatic rings. The van der Waals surface area contributed by atoms with Crippen molar-refractivity contribution < 1.29 is 32.4 Å². The minimum atomic E-state index is -5.09. The van der Waals surface area contributed by atoms with E-state index in [1.807, 2.05) is 5.48 Å². The van der Waals surface area contributed by atoms with Crippen LogP contribution < -0.4 is 10.9 Å². The third kappa shape index (κ3) is 5.03. The molecule has 0 aliphatic rings. The van der Waals surface area contributed by atoms with Crippen LogP contribution in [0, 0.1) is 11.8 Å². The lowest BCUT2D eigenvalue weighted by Crippen LogP contribution is -2.51. The lowest BCUT2D eigenvalue weighted by Gasteiger charge is -2.23. The summed E-state index contributed by atoms with van der Waals surface area (Å²) in [7, 11) is 1.96. The molecule has 2 atom stereocenters. The third-order valence-electron chi connectivity index (χ3n) is 2.60. The number of nitrogens with one attached hydrogen (secondary N) is 2. The molecule has 0 fully saturated rings. The van der Waals surface area contributed by atoms with E-state index in [9.17, 15) is 27.6 Å². The van der Waals surface area contributed by atoms with Crippen LogP contribution in [-0.4, -0.2) is 43.1 Å². The summed E-state index contributed by atoms with van der Waals surface area (Å²) in [6.07, 6.45) is -5.09. The molecule has 0 aliphatic heterocycles. The predicted octanol–water partition coefficient (Wildman–Crippen LogP) is -0.0119. The number of alkyl halides is 3. The fourth-order valence-electron chi connectivity index (χ4n) is 1.16. The number of rotatable bonds is 4. The zero-order valence-electron chi connectivity index (χ0n) is 11.4. The van der Waals surface area contributed by atoms with Crippen molar-refractivity contribution in [2.75, 3.05) is 14.2 Å². The van der Waals surface area contributed by atoms with Gasteiger partial charge in [-0.3, -0.25) is 24.6 Å². The van der Waals surface area contributed by atoms with Gasteiger partial charge < -0.3 is 0 Å². The van der Waals surface area contributed by atoms with E-state index < -0.39 is 35.7 Å².